The van der Waals surface area contributed by atoms with Crippen LogP contribution < -0.4 is 0 Å². The van der Waals surface area contributed by atoms with Crippen LogP contribution in [0.4, 0.5) is 0 Å². The van der Waals surface area contributed by atoms with Crippen LogP contribution in [0.1, 0.15) is 16.7 Å². The number of piperazine rings is 1. The standard InChI is InChI=1S/C23H23ClN4S/c1-29-21-7-6-19-12-20(23(24)26-22(19)13-21)16-28-10-8-27(9-11-28)15-18-4-2-17(14-25)3-5-18/h2-7,12-13H,8-11,15-16H2,1H3. The number of nitrogens with zero attached hydrogens (tertiary/aromatic N) is 4. The molecule has 0 amide bonds. The predicted octanol–water partition coefficient (Wildman–Crippen LogP) is 4.80. The van der Waals surface area contributed by atoms with Crippen molar-refractivity contribution < 1.29 is 0 Å². The van der Waals surface area contributed by atoms with Crippen LogP contribution in [0, 0.1) is 11.3 Å². The summed E-state index contributed by atoms with van der Waals surface area (Å²) in [5.41, 5.74) is 4.02. The Labute approximate surface area is 181 Å². The molecule has 1 aliphatic heterocycles. The van der Waals surface area contributed by atoms with Crippen LogP contribution in [0.15, 0.2) is 53.4 Å². The molecule has 6 heteroatoms. The summed E-state index contributed by atoms with van der Waals surface area (Å²) in [6.07, 6.45) is 2.07. The zero-order chi connectivity index (χ0) is 20.2. The van der Waals surface area contributed by atoms with Crippen LogP contribution in [0.5, 0.6) is 0 Å². The van der Waals surface area contributed by atoms with Crippen molar-refractivity contribution in [3.63, 3.8) is 0 Å². The van der Waals surface area contributed by atoms with Gasteiger partial charge in [0.05, 0.1) is 17.1 Å². The Hall–Kier alpha value is -2.10. The van der Waals surface area contributed by atoms with Crippen LogP contribution in [-0.2, 0) is 13.1 Å². The first-order chi connectivity index (χ1) is 14.1. The molecule has 4 rings (SSSR count). The second-order valence-corrected chi connectivity index (χ2v) is 8.60. The second-order valence-electron chi connectivity index (χ2n) is 7.36. The van der Waals surface area contributed by atoms with Gasteiger partial charge in [0.2, 0.25) is 0 Å². The van der Waals surface area contributed by atoms with Crippen molar-refractivity contribution in [3.05, 3.63) is 70.4 Å². The van der Waals surface area contributed by atoms with Gasteiger partial charge in [-0.2, -0.15) is 5.26 Å². The summed E-state index contributed by atoms with van der Waals surface area (Å²) >= 11 is 8.22. The van der Waals surface area contributed by atoms with E-state index in [0.717, 1.165) is 55.7 Å². The van der Waals surface area contributed by atoms with Gasteiger partial charge in [-0.15, -0.1) is 11.8 Å². The van der Waals surface area contributed by atoms with Gasteiger partial charge in [0.1, 0.15) is 5.15 Å². The third-order valence-corrected chi connectivity index (χ3v) is 6.45. The molecule has 0 aliphatic carbocycles. The van der Waals surface area contributed by atoms with E-state index in [4.69, 9.17) is 16.9 Å². The van der Waals surface area contributed by atoms with Crippen LogP contribution in [0.3, 0.4) is 0 Å². The monoisotopic (exact) mass is 422 g/mol. The molecule has 1 aliphatic rings. The first kappa shape index (κ1) is 20.2. The van der Waals surface area contributed by atoms with Crippen molar-refractivity contribution in [2.75, 3.05) is 32.4 Å². The Balaban J connectivity index is 1.36. The Morgan fingerprint density at radius 3 is 2.34 bits per heavy atom. The molecule has 1 saturated heterocycles. The van der Waals surface area contributed by atoms with E-state index < -0.39 is 0 Å². The number of halogens is 1. The Bertz CT molecular complexity index is 1040. The van der Waals surface area contributed by atoms with Gasteiger partial charge < -0.3 is 0 Å². The van der Waals surface area contributed by atoms with Crippen molar-refractivity contribution in [1.29, 1.82) is 5.26 Å². The van der Waals surface area contributed by atoms with Crippen LogP contribution in [0.25, 0.3) is 10.9 Å². The minimum absolute atomic E-state index is 0.607. The van der Waals surface area contributed by atoms with E-state index in [1.54, 1.807) is 11.8 Å². The highest BCUT2D eigenvalue weighted by atomic mass is 35.5. The fourth-order valence-corrected chi connectivity index (χ4v) is 4.33. The third kappa shape index (κ3) is 4.91. The van der Waals surface area contributed by atoms with Gasteiger partial charge in [-0.05, 0) is 42.2 Å². The molecule has 0 unspecified atom stereocenters. The first-order valence-corrected chi connectivity index (χ1v) is 11.3. The lowest BCUT2D eigenvalue weighted by Crippen LogP contribution is -2.45. The summed E-state index contributed by atoms with van der Waals surface area (Å²) < 4.78 is 0. The molecule has 1 fully saturated rings. The minimum Gasteiger partial charge on any atom is -0.297 e. The van der Waals surface area contributed by atoms with Crippen molar-refractivity contribution in [2.45, 2.75) is 18.0 Å². The van der Waals surface area contributed by atoms with Gasteiger partial charge in [0, 0.05) is 55.1 Å². The van der Waals surface area contributed by atoms with Gasteiger partial charge in [-0.25, -0.2) is 4.98 Å². The van der Waals surface area contributed by atoms with Gasteiger partial charge in [0.25, 0.3) is 0 Å². The molecule has 0 bridgehead atoms. The highest BCUT2D eigenvalue weighted by Crippen LogP contribution is 2.26. The average molecular weight is 423 g/mol. The Morgan fingerprint density at radius 1 is 1.00 bits per heavy atom. The molecule has 0 radical (unpaired) electrons. The zero-order valence-electron chi connectivity index (χ0n) is 16.4. The average Bonchev–Trinajstić information content (AvgIpc) is 2.76. The number of hydrogen-bond acceptors (Lipinski definition) is 5. The van der Waals surface area contributed by atoms with Crippen molar-refractivity contribution in [1.82, 2.24) is 14.8 Å². The molecule has 148 valence electrons. The lowest BCUT2D eigenvalue weighted by atomic mass is 10.1. The summed E-state index contributed by atoms with van der Waals surface area (Å²) in [5, 5.41) is 10.7. The number of hydrogen-bond donors (Lipinski definition) is 0. The second kappa shape index (κ2) is 9.15. The SMILES string of the molecule is CSc1ccc2cc(CN3CCN(Cc4ccc(C#N)cc4)CC3)c(Cl)nc2c1. The number of fused-ring (bicyclic) bond motifs is 1. The predicted molar refractivity (Wildman–Crippen MR) is 120 cm³/mol. The summed E-state index contributed by atoms with van der Waals surface area (Å²) in [6, 6.07) is 18.6. The number of nitriles is 1. The smallest absolute Gasteiger partial charge is 0.134 e. The molecule has 2 aromatic carbocycles. The highest BCUT2D eigenvalue weighted by Gasteiger charge is 2.18. The van der Waals surface area contributed by atoms with Crippen molar-refractivity contribution in [2.24, 2.45) is 0 Å². The molecule has 29 heavy (non-hydrogen) atoms. The van der Waals surface area contributed by atoms with Gasteiger partial charge in [0.15, 0.2) is 0 Å². The molecule has 0 spiro atoms. The first-order valence-electron chi connectivity index (χ1n) is 9.71. The zero-order valence-corrected chi connectivity index (χ0v) is 18.0. The van der Waals surface area contributed by atoms with E-state index in [9.17, 15) is 0 Å². The van der Waals surface area contributed by atoms with Crippen LogP contribution in [0.2, 0.25) is 5.15 Å². The fraction of sp³-hybridized carbons (Fsp3) is 0.304. The molecular weight excluding hydrogens is 400 g/mol. The molecule has 4 nitrogen and oxygen atoms in total. The quantitative estimate of drug-likeness (QED) is 0.436. The largest absolute Gasteiger partial charge is 0.297 e. The molecule has 3 aromatic rings. The van der Waals surface area contributed by atoms with Crippen LogP contribution in [-0.4, -0.2) is 47.2 Å². The lowest BCUT2D eigenvalue weighted by molar-refractivity contribution is 0.122. The summed E-state index contributed by atoms with van der Waals surface area (Å²) in [4.78, 5) is 10.7. The maximum Gasteiger partial charge on any atom is 0.134 e. The Morgan fingerprint density at radius 2 is 1.69 bits per heavy atom. The summed E-state index contributed by atoms with van der Waals surface area (Å²) in [6.45, 7) is 5.82. The van der Waals surface area contributed by atoms with E-state index >= 15 is 0 Å². The molecule has 1 aromatic heterocycles. The number of pyridine rings is 1. The Kier molecular flexibility index (Phi) is 6.37. The maximum atomic E-state index is 8.92. The summed E-state index contributed by atoms with van der Waals surface area (Å²) in [7, 11) is 0. The maximum absolute atomic E-state index is 8.92. The van der Waals surface area contributed by atoms with Crippen molar-refractivity contribution in [3.8, 4) is 6.07 Å². The van der Waals surface area contributed by atoms with E-state index in [0.29, 0.717) is 10.7 Å². The molecule has 0 atom stereocenters. The van der Waals surface area contributed by atoms with Crippen molar-refractivity contribution >= 4 is 34.3 Å². The van der Waals surface area contributed by atoms with Crippen LogP contribution >= 0.6 is 23.4 Å². The normalized spacial score (nSPS) is 15.5. The van der Waals surface area contributed by atoms with Gasteiger partial charge in [-0.3, -0.25) is 9.80 Å². The number of aromatic nitrogens is 1. The van der Waals surface area contributed by atoms with Gasteiger partial charge >= 0.3 is 0 Å². The highest BCUT2D eigenvalue weighted by molar-refractivity contribution is 7.98. The minimum atomic E-state index is 0.607. The summed E-state index contributed by atoms with van der Waals surface area (Å²) in [5.74, 6) is 0. The number of thioether (sulfide) groups is 1. The van der Waals surface area contributed by atoms with E-state index in [2.05, 4.69) is 51.4 Å². The van der Waals surface area contributed by atoms with Gasteiger partial charge in [-0.1, -0.05) is 29.8 Å². The molecular formula is C23H23ClN4S. The number of benzene rings is 2. The molecule has 2 heterocycles. The van der Waals surface area contributed by atoms with E-state index in [1.165, 1.54) is 10.5 Å². The van der Waals surface area contributed by atoms with E-state index in [1.807, 2.05) is 24.3 Å². The lowest BCUT2D eigenvalue weighted by Gasteiger charge is -2.34. The fourth-order valence-electron chi connectivity index (χ4n) is 3.69. The topological polar surface area (TPSA) is 43.2 Å². The number of rotatable bonds is 5. The molecule has 0 saturated carbocycles. The molecule has 0 N–H and O–H groups in total. The third-order valence-electron chi connectivity index (χ3n) is 5.40. The van der Waals surface area contributed by atoms with E-state index in [-0.39, 0.29) is 0 Å².